The predicted molar refractivity (Wildman–Crippen MR) is 112 cm³/mol. The second-order valence-electron chi connectivity index (χ2n) is 6.74. The number of β-lactam (4-membered cyclic amide) rings is 1. The van der Waals surface area contributed by atoms with Gasteiger partial charge in [0.15, 0.2) is 11.5 Å². The van der Waals surface area contributed by atoms with Crippen LogP contribution in [-0.4, -0.2) is 26.2 Å². The molecule has 0 unspecified atom stereocenters. The van der Waals surface area contributed by atoms with Crippen molar-refractivity contribution in [3.63, 3.8) is 0 Å². The Kier molecular flexibility index (Phi) is 5.50. The van der Waals surface area contributed by atoms with Crippen LogP contribution in [0.5, 0.6) is 17.2 Å². The highest BCUT2D eigenvalue weighted by molar-refractivity contribution is 6.30. The number of carbonyl (C=O) groups excluding carboxylic acids is 1. The number of methoxy groups -OCH3 is 2. The Morgan fingerprint density at radius 1 is 0.900 bits per heavy atom. The Hall–Kier alpha value is -3.25. The molecule has 3 aromatic rings. The van der Waals surface area contributed by atoms with E-state index in [1.807, 2.05) is 12.1 Å². The lowest BCUT2D eigenvalue weighted by atomic mass is 9.89. The van der Waals surface area contributed by atoms with Gasteiger partial charge in [0, 0.05) is 10.7 Å². The molecule has 0 aromatic heterocycles. The average Bonchev–Trinajstić information content (AvgIpc) is 2.77. The van der Waals surface area contributed by atoms with E-state index in [4.69, 9.17) is 25.8 Å². The summed E-state index contributed by atoms with van der Waals surface area (Å²) in [7, 11) is 3.11. The Morgan fingerprint density at radius 2 is 1.57 bits per heavy atom. The van der Waals surface area contributed by atoms with Crippen molar-refractivity contribution in [3.05, 3.63) is 83.1 Å². The first kappa shape index (κ1) is 20.0. The van der Waals surface area contributed by atoms with Crippen molar-refractivity contribution in [2.45, 2.75) is 12.1 Å². The largest absolute Gasteiger partial charge is 0.493 e. The van der Waals surface area contributed by atoms with Crippen LogP contribution in [0.2, 0.25) is 5.02 Å². The molecule has 0 N–H and O–H groups in total. The van der Waals surface area contributed by atoms with E-state index in [1.165, 1.54) is 12.1 Å². The molecule has 0 spiro atoms. The SMILES string of the molecule is COc1ccc([C@@H]2[C@H](Oc3ccc(Cl)cc3)C(=O)N2c2ccc(F)cc2)cc1OC. The summed E-state index contributed by atoms with van der Waals surface area (Å²) >= 11 is 5.94. The van der Waals surface area contributed by atoms with Gasteiger partial charge in [0.25, 0.3) is 5.91 Å². The number of ether oxygens (including phenoxy) is 3. The zero-order chi connectivity index (χ0) is 21.3. The van der Waals surface area contributed by atoms with Crippen LogP contribution >= 0.6 is 11.6 Å². The van der Waals surface area contributed by atoms with Gasteiger partial charge in [-0.25, -0.2) is 4.39 Å². The molecule has 154 valence electrons. The fourth-order valence-electron chi connectivity index (χ4n) is 3.49. The third-order valence-corrected chi connectivity index (χ3v) is 5.23. The first-order valence-corrected chi connectivity index (χ1v) is 9.62. The van der Waals surface area contributed by atoms with Crippen molar-refractivity contribution in [1.82, 2.24) is 0 Å². The summed E-state index contributed by atoms with van der Waals surface area (Å²) in [6.07, 6.45) is -0.755. The Morgan fingerprint density at radius 3 is 2.20 bits per heavy atom. The van der Waals surface area contributed by atoms with E-state index < -0.39 is 12.1 Å². The fraction of sp³-hybridized carbons (Fsp3) is 0.174. The quantitative estimate of drug-likeness (QED) is 0.517. The maximum Gasteiger partial charge on any atom is 0.271 e. The molecule has 1 heterocycles. The van der Waals surface area contributed by atoms with Crippen LogP contribution in [0.25, 0.3) is 0 Å². The third-order valence-electron chi connectivity index (χ3n) is 4.98. The zero-order valence-electron chi connectivity index (χ0n) is 16.3. The van der Waals surface area contributed by atoms with Crippen molar-refractivity contribution < 1.29 is 23.4 Å². The number of anilines is 1. The van der Waals surface area contributed by atoms with Crippen LogP contribution in [0.4, 0.5) is 10.1 Å². The van der Waals surface area contributed by atoms with Crippen molar-refractivity contribution in [1.29, 1.82) is 0 Å². The van der Waals surface area contributed by atoms with Crippen LogP contribution < -0.4 is 19.1 Å². The highest BCUT2D eigenvalue weighted by Crippen LogP contribution is 2.43. The van der Waals surface area contributed by atoms with E-state index in [-0.39, 0.29) is 11.7 Å². The summed E-state index contributed by atoms with van der Waals surface area (Å²) < 4.78 is 30.1. The molecule has 0 bridgehead atoms. The minimum absolute atomic E-state index is 0.226. The van der Waals surface area contributed by atoms with Crippen LogP contribution in [0.3, 0.4) is 0 Å². The molecule has 1 amide bonds. The lowest BCUT2D eigenvalue weighted by Crippen LogP contribution is -2.61. The van der Waals surface area contributed by atoms with E-state index in [1.54, 1.807) is 61.6 Å². The van der Waals surface area contributed by atoms with Crippen LogP contribution in [-0.2, 0) is 4.79 Å². The lowest BCUT2D eigenvalue weighted by Gasteiger charge is -2.46. The molecular weight excluding hydrogens is 409 g/mol. The second kappa shape index (κ2) is 8.24. The molecule has 0 aliphatic carbocycles. The summed E-state index contributed by atoms with van der Waals surface area (Å²) in [5, 5.41) is 0.576. The minimum Gasteiger partial charge on any atom is -0.493 e. The van der Waals surface area contributed by atoms with Gasteiger partial charge in [0.1, 0.15) is 17.6 Å². The molecule has 0 saturated carbocycles. The number of nitrogens with zero attached hydrogens (tertiary/aromatic N) is 1. The van der Waals surface area contributed by atoms with Gasteiger partial charge < -0.3 is 14.2 Å². The van der Waals surface area contributed by atoms with E-state index in [2.05, 4.69) is 0 Å². The number of benzene rings is 3. The van der Waals surface area contributed by atoms with Crippen LogP contribution in [0, 0.1) is 5.82 Å². The number of hydrogen-bond acceptors (Lipinski definition) is 4. The fourth-order valence-corrected chi connectivity index (χ4v) is 3.61. The zero-order valence-corrected chi connectivity index (χ0v) is 17.1. The van der Waals surface area contributed by atoms with E-state index in [0.29, 0.717) is 28.0 Å². The highest BCUT2D eigenvalue weighted by Gasteiger charge is 2.51. The van der Waals surface area contributed by atoms with Gasteiger partial charge in [-0.15, -0.1) is 0 Å². The molecule has 0 radical (unpaired) electrons. The van der Waals surface area contributed by atoms with Gasteiger partial charge in [-0.05, 0) is 66.2 Å². The molecule has 3 aromatic carbocycles. The van der Waals surface area contributed by atoms with Crippen molar-refractivity contribution >= 4 is 23.2 Å². The van der Waals surface area contributed by atoms with Gasteiger partial charge in [0.2, 0.25) is 6.10 Å². The predicted octanol–water partition coefficient (Wildman–Crippen LogP) is 5.03. The molecule has 7 heteroatoms. The molecule has 1 saturated heterocycles. The van der Waals surface area contributed by atoms with Crippen molar-refractivity contribution in [2.75, 3.05) is 19.1 Å². The van der Waals surface area contributed by atoms with Gasteiger partial charge >= 0.3 is 0 Å². The van der Waals surface area contributed by atoms with Crippen molar-refractivity contribution in [2.24, 2.45) is 0 Å². The summed E-state index contributed by atoms with van der Waals surface area (Å²) in [5.41, 5.74) is 1.38. The summed E-state index contributed by atoms with van der Waals surface area (Å²) in [6.45, 7) is 0. The van der Waals surface area contributed by atoms with Crippen LogP contribution in [0.15, 0.2) is 66.7 Å². The monoisotopic (exact) mass is 427 g/mol. The minimum atomic E-state index is -0.755. The maximum atomic E-state index is 13.4. The number of rotatable bonds is 6. The van der Waals surface area contributed by atoms with Crippen molar-refractivity contribution in [3.8, 4) is 17.2 Å². The molecule has 1 aliphatic heterocycles. The van der Waals surface area contributed by atoms with E-state index in [9.17, 15) is 9.18 Å². The van der Waals surface area contributed by atoms with Crippen LogP contribution in [0.1, 0.15) is 11.6 Å². The Balaban J connectivity index is 1.71. The maximum absolute atomic E-state index is 13.4. The van der Waals surface area contributed by atoms with Gasteiger partial charge in [-0.3, -0.25) is 9.69 Å². The summed E-state index contributed by atoms with van der Waals surface area (Å²) in [4.78, 5) is 14.6. The van der Waals surface area contributed by atoms with E-state index in [0.717, 1.165) is 5.56 Å². The number of carbonyl (C=O) groups is 1. The third kappa shape index (κ3) is 3.66. The molecule has 4 rings (SSSR count). The Bertz CT molecular complexity index is 1060. The van der Waals surface area contributed by atoms with Gasteiger partial charge in [0.05, 0.1) is 14.2 Å². The summed E-state index contributed by atoms with van der Waals surface area (Å²) in [6, 6.07) is 17.6. The lowest BCUT2D eigenvalue weighted by molar-refractivity contribution is -0.135. The molecule has 5 nitrogen and oxygen atoms in total. The number of amides is 1. The molecular formula is C23H19ClFNO4. The normalized spacial score (nSPS) is 18.0. The summed E-state index contributed by atoms with van der Waals surface area (Å²) in [5.74, 6) is 1.05. The molecule has 30 heavy (non-hydrogen) atoms. The first-order valence-electron chi connectivity index (χ1n) is 9.24. The Labute approximate surface area is 178 Å². The second-order valence-corrected chi connectivity index (χ2v) is 7.17. The molecule has 1 fully saturated rings. The van der Waals surface area contributed by atoms with Gasteiger partial charge in [-0.2, -0.15) is 0 Å². The van der Waals surface area contributed by atoms with E-state index >= 15 is 0 Å². The van der Waals surface area contributed by atoms with Gasteiger partial charge in [-0.1, -0.05) is 17.7 Å². The topological polar surface area (TPSA) is 48.0 Å². The number of hydrogen-bond donors (Lipinski definition) is 0. The molecule has 1 aliphatic rings. The smallest absolute Gasteiger partial charge is 0.271 e. The standard InChI is InChI=1S/C23H19ClFNO4/c1-28-19-12-3-14(13-20(19)29-2)21-22(30-18-10-4-15(24)5-11-18)23(27)26(21)17-8-6-16(25)7-9-17/h3-13,21-22H,1-2H3/t21-,22+/m1/s1. The first-order chi connectivity index (χ1) is 14.5. The number of halogens is 2. The average molecular weight is 428 g/mol. The highest BCUT2D eigenvalue weighted by atomic mass is 35.5. The molecule has 2 atom stereocenters.